The summed E-state index contributed by atoms with van der Waals surface area (Å²) in [5.41, 5.74) is 1.10. The topological polar surface area (TPSA) is 49.4 Å². The lowest BCUT2D eigenvalue weighted by Crippen LogP contribution is -2.44. The molecule has 3 aliphatic rings. The van der Waals surface area contributed by atoms with Gasteiger partial charge in [-0.25, -0.2) is 8.78 Å². The van der Waals surface area contributed by atoms with Gasteiger partial charge in [-0.15, -0.1) is 0 Å². The van der Waals surface area contributed by atoms with Crippen LogP contribution in [0.15, 0.2) is 30.4 Å². The van der Waals surface area contributed by atoms with E-state index >= 15 is 0 Å². The van der Waals surface area contributed by atoms with Gasteiger partial charge in [0.1, 0.15) is 11.6 Å². The van der Waals surface area contributed by atoms with Crippen LogP contribution in [0.4, 0.5) is 8.78 Å². The van der Waals surface area contributed by atoms with E-state index in [1.807, 2.05) is 4.90 Å². The van der Waals surface area contributed by atoms with Crippen LogP contribution in [0.1, 0.15) is 48.9 Å². The molecule has 2 saturated carbocycles. The van der Waals surface area contributed by atoms with Crippen molar-refractivity contribution < 1.29 is 18.4 Å². The Kier molecular flexibility index (Phi) is 4.52. The highest BCUT2D eigenvalue weighted by molar-refractivity contribution is 5.94. The maximum Gasteiger partial charge on any atom is 0.254 e. The van der Waals surface area contributed by atoms with E-state index in [2.05, 4.69) is 11.9 Å². The van der Waals surface area contributed by atoms with Crippen molar-refractivity contribution >= 4 is 11.8 Å². The Bertz CT molecular complexity index is 795. The van der Waals surface area contributed by atoms with Crippen LogP contribution < -0.4 is 5.32 Å². The van der Waals surface area contributed by atoms with Crippen molar-refractivity contribution in [2.45, 2.75) is 44.6 Å². The normalized spacial score (nSPS) is 23.4. The van der Waals surface area contributed by atoms with E-state index in [0.29, 0.717) is 12.3 Å². The molecule has 0 bridgehead atoms. The van der Waals surface area contributed by atoms with Crippen molar-refractivity contribution in [1.29, 1.82) is 0 Å². The maximum absolute atomic E-state index is 13.8. The molecule has 1 spiro atoms. The Labute approximate surface area is 157 Å². The van der Waals surface area contributed by atoms with Crippen molar-refractivity contribution in [2.24, 2.45) is 11.3 Å². The highest BCUT2D eigenvalue weighted by Gasteiger charge is 2.53. The standard InChI is InChI=1S/C21H24F2N2O2/c1-13-6-14(7-13)8-19(26)25-12-21(4-5-21)10-16(25)11-24-20(27)17-9-15(22)2-3-18(17)23/h2-3,9,14,16H,1,4-8,10-12H2,(H,24,27). The third kappa shape index (κ3) is 3.75. The molecule has 1 aromatic rings. The molecule has 1 N–H and O–H groups in total. The van der Waals surface area contributed by atoms with E-state index < -0.39 is 17.5 Å². The molecule has 1 aromatic carbocycles. The Hall–Kier alpha value is -2.24. The predicted molar refractivity (Wildman–Crippen MR) is 97.0 cm³/mol. The first-order chi connectivity index (χ1) is 12.8. The van der Waals surface area contributed by atoms with Crippen LogP contribution in [0.25, 0.3) is 0 Å². The molecule has 0 radical (unpaired) electrons. The zero-order valence-electron chi connectivity index (χ0n) is 15.3. The number of carbonyl (C=O) groups excluding carboxylic acids is 2. The van der Waals surface area contributed by atoms with Gasteiger partial charge in [0.05, 0.1) is 5.56 Å². The largest absolute Gasteiger partial charge is 0.350 e. The summed E-state index contributed by atoms with van der Waals surface area (Å²) in [5, 5.41) is 2.69. The summed E-state index contributed by atoms with van der Waals surface area (Å²) in [4.78, 5) is 26.9. The number of halogens is 2. The van der Waals surface area contributed by atoms with Crippen LogP contribution in [0.5, 0.6) is 0 Å². The molecule has 1 heterocycles. The number of benzene rings is 1. The first-order valence-corrected chi connectivity index (χ1v) is 9.55. The summed E-state index contributed by atoms with van der Waals surface area (Å²) in [6.45, 7) is 4.93. The molecular formula is C21H24F2N2O2. The van der Waals surface area contributed by atoms with Gasteiger partial charge >= 0.3 is 0 Å². The molecule has 2 aliphatic carbocycles. The molecule has 144 valence electrons. The van der Waals surface area contributed by atoms with Crippen LogP contribution in [0, 0.1) is 23.0 Å². The van der Waals surface area contributed by atoms with E-state index in [1.165, 1.54) is 5.57 Å². The first-order valence-electron chi connectivity index (χ1n) is 9.55. The fourth-order valence-corrected chi connectivity index (χ4v) is 4.42. The molecule has 1 aliphatic heterocycles. The number of carbonyl (C=O) groups is 2. The fourth-order valence-electron chi connectivity index (χ4n) is 4.42. The molecule has 27 heavy (non-hydrogen) atoms. The summed E-state index contributed by atoms with van der Waals surface area (Å²) in [6, 6.07) is 2.74. The van der Waals surface area contributed by atoms with Gasteiger partial charge in [0.2, 0.25) is 5.91 Å². The summed E-state index contributed by atoms with van der Waals surface area (Å²) < 4.78 is 27.1. The quantitative estimate of drug-likeness (QED) is 0.803. The number of nitrogens with one attached hydrogen (secondary N) is 1. The van der Waals surface area contributed by atoms with Crippen molar-refractivity contribution in [3.05, 3.63) is 47.5 Å². The van der Waals surface area contributed by atoms with Gasteiger partial charge in [-0.2, -0.15) is 0 Å². The predicted octanol–water partition coefficient (Wildman–Crippen LogP) is 3.43. The number of amides is 2. The molecule has 0 aromatic heterocycles. The van der Waals surface area contributed by atoms with Crippen LogP contribution in [0.3, 0.4) is 0 Å². The molecule has 3 fully saturated rings. The second kappa shape index (κ2) is 6.73. The zero-order valence-corrected chi connectivity index (χ0v) is 15.3. The Balaban J connectivity index is 1.38. The monoisotopic (exact) mass is 374 g/mol. The number of nitrogens with zero attached hydrogens (tertiary/aromatic N) is 1. The number of rotatable bonds is 5. The number of likely N-dealkylation sites (tertiary alicyclic amines) is 1. The van der Waals surface area contributed by atoms with Crippen molar-refractivity contribution in [3.63, 3.8) is 0 Å². The maximum atomic E-state index is 13.8. The van der Waals surface area contributed by atoms with E-state index in [9.17, 15) is 18.4 Å². The molecule has 4 rings (SSSR count). The summed E-state index contributed by atoms with van der Waals surface area (Å²) in [5.74, 6) is -1.54. The van der Waals surface area contributed by atoms with Gasteiger partial charge in [0.25, 0.3) is 5.91 Å². The average Bonchev–Trinajstić information content (AvgIpc) is 3.25. The molecular weight excluding hydrogens is 350 g/mol. The lowest BCUT2D eigenvalue weighted by molar-refractivity contribution is -0.133. The Morgan fingerprint density at radius 2 is 2.00 bits per heavy atom. The van der Waals surface area contributed by atoms with Gasteiger partial charge in [0, 0.05) is 25.6 Å². The van der Waals surface area contributed by atoms with E-state index in [-0.39, 0.29) is 29.5 Å². The second-order valence-corrected chi connectivity index (χ2v) is 8.44. The van der Waals surface area contributed by atoms with Gasteiger partial charge < -0.3 is 10.2 Å². The van der Waals surface area contributed by atoms with E-state index in [1.54, 1.807) is 0 Å². The number of hydrogen-bond donors (Lipinski definition) is 1. The van der Waals surface area contributed by atoms with Crippen LogP contribution in [-0.2, 0) is 4.79 Å². The average molecular weight is 374 g/mol. The molecule has 6 heteroatoms. The minimum absolute atomic E-state index is 0.0798. The van der Waals surface area contributed by atoms with Gasteiger partial charge in [-0.3, -0.25) is 9.59 Å². The first kappa shape index (κ1) is 18.1. The molecule has 1 atom stereocenters. The van der Waals surface area contributed by atoms with Crippen LogP contribution in [0.2, 0.25) is 0 Å². The molecule has 2 amide bonds. The van der Waals surface area contributed by atoms with Crippen molar-refractivity contribution in [1.82, 2.24) is 10.2 Å². The van der Waals surface area contributed by atoms with Crippen molar-refractivity contribution in [2.75, 3.05) is 13.1 Å². The smallest absolute Gasteiger partial charge is 0.254 e. The van der Waals surface area contributed by atoms with Gasteiger partial charge in [0.15, 0.2) is 0 Å². The number of allylic oxidation sites excluding steroid dienone is 1. The highest BCUT2D eigenvalue weighted by atomic mass is 19.1. The third-order valence-corrected chi connectivity index (χ3v) is 6.18. The fraction of sp³-hybridized carbons (Fsp3) is 0.524. The molecule has 1 unspecified atom stereocenters. The Morgan fingerprint density at radius 1 is 1.26 bits per heavy atom. The molecule has 1 saturated heterocycles. The lowest BCUT2D eigenvalue weighted by atomic mass is 9.79. The van der Waals surface area contributed by atoms with E-state index in [4.69, 9.17) is 0 Å². The summed E-state index contributed by atoms with van der Waals surface area (Å²) in [7, 11) is 0. The summed E-state index contributed by atoms with van der Waals surface area (Å²) >= 11 is 0. The van der Waals surface area contributed by atoms with Gasteiger partial charge in [-0.05, 0) is 61.6 Å². The van der Waals surface area contributed by atoms with Crippen LogP contribution in [-0.4, -0.2) is 35.8 Å². The second-order valence-electron chi connectivity index (χ2n) is 8.44. The van der Waals surface area contributed by atoms with Crippen molar-refractivity contribution in [3.8, 4) is 0 Å². The minimum atomic E-state index is -0.753. The minimum Gasteiger partial charge on any atom is -0.350 e. The third-order valence-electron chi connectivity index (χ3n) is 6.18. The zero-order chi connectivity index (χ0) is 19.2. The highest BCUT2D eigenvalue weighted by Crippen LogP contribution is 2.55. The number of hydrogen-bond acceptors (Lipinski definition) is 2. The van der Waals surface area contributed by atoms with Gasteiger partial charge in [-0.1, -0.05) is 12.2 Å². The summed E-state index contributed by atoms with van der Waals surface area (Å²) in [6.07, 6.45) is 5.45. The van der Waals surface area contributed by atoms with Crippen LogP contribution >= 0.6 is 0 Å². The van der Waals surface area contributed by atoms with E-state index in [0.717, 1.165) is 56.8 Å². The SMILES string of the molecule is C=C1CC(CC(=O)N2CC3(CC3)CC2CNC(=O)c2cc(F)ccc2F)C1. The Morgan fingerprint density at radius 3 is 2.67 bits per heavy atom. The molecule has 4 nitrogen and oxygen atoms in total. The lowest BCUT2D eigenvalue weighted by Gasteiger charge is -2.31.